The number of piperidine rings is 1. The molecule has 23 heavy (non-hydrogen) atoms. The first-order chi connectivity index (χ1) is 11.0. The van der Waals surface area contributed by atoms with Crippen LogP contribution in [0.2, 0.25) is 0 Å². The molecule has 0 radical (unpaired) electrons. The van der Waals surface area contributed by atoms with Crippen molar-refractivity contribution >= 4 is 11.9 Å². The molecule has 7 heteroatoms. The van der Waals surface area contributed by atoms with Crippen LogP contribution in [0.1, 0.15) is 18.4 Å². The molecule has 126 valence electrons. The van der Waals surface area contributed by atoms with Crippen LogP contribution >= 0.6 is 0 Å². The van der Waals surface area contributed by atoms with E-state index in [4.69, 9.17) is 15.2 Å². The number of amides is 3. The fraction of sp³-hybridized carbons (Fsp3) is 0.500. The molecule has 1 saturated heterocycles. The second kappa shape index (κ2) is 7.71. The van der Waals surface area contributed by atoms with Gasteiger partial charge >= 0.3 is 6.03 Å². The standard InChI is InChI=1S/C16H23N3O4/c1-22-13-6-11(7-14(8-13)23-2)9-18-15(20)12-4-3-5-19(10-12)16(17)21/h6-8,12H,3-5,9-10H2,1-2H3,(H2,17,21)(H,18,20)/t12-/m1/s1. The Hall–Kier alpha value is -2.44. The highest BCUT2D eigenvalue weighted by Crippen LogP contribution is 2.22. The average molecular weight is 321 g/mol. The molecule has 7 nitrogen and oxygen atoms in total. The van der Waals surface area contributed by atoms with Crippen molar-refractivity contribution < 1.29 is 19.1 Å². The van der Waals surface area contributed by atoms with Crippen LogP contribution in [0.3, 0.4) is 0 Å². The van der Waals surface area contributed by atoms with Crippen molar-refractivity contribution in [2.45, 2.75) is 19.4 Å². The fourth-order valence-electron chi connectivity index (χ4n) is 2.69. The van der Waals surface area contributed by atoms with Gasteiger partial charge in [0.25, 0.3) is 0 Å². The highest BCUT2D eigenvalue weighted by Gasteiger charge is 2.27. The van der Waals surface area contributed by atoms with Crippen LogP contribution in [0.15, 0.2) is 18.2 Å². The molecule has 3 N–H and O–H groups in total. The number of methoxy groups -OCH3 is 2. The minimum atomic E-state index is -0.472. The Labute approximate surface area is 135 Å². The van der Waals surface area contributed by atoms with Crippen molar-refractivity contribution in [2.24, 2.45) is 11.7 Å². The highest BCUT2D eigenvalue weighted by atomic mass is 16.5. The number of urea groups is 1. The van der Waals surface area contributed by atoms with E-state index in [1.807, 2.05) is 12.1 Å². The van der Waals surface area contributed by atoms with Gasteiger partial charge in [-0.3, -0.25) is 4.79 Å². The van der Waals surface area contributed by atoms with E-state index in [0.29, 0.717) is 31.1 Å². The van der Waals surface area contributed by atoms with E-state index in [1.54, 1.807) is 20.3 Å². The first-order valence-corrected chi connectivity index (χ1v) is 7.57. The minimum Gasteiger partial charge on any atom is -0.497 e. The second-order valence-corrected chi connectivity index (χ2v) is 5.56. The molecule has 3 amide bonds. The molecular weight excluding hydrogens is 298 g/mol. The number of nitrogens with one attached hydrogen (secondary N) is 1. The summed E-state index contributed by atoms with van der Waals surface area (Å²) in [4.78, 5) is 25.0. The number of ether oxygens (including phenoxy) is 2. The summed E-state index contributed by atoms with van der Waals surface area (Å²) in [7, 11) is 3.16. The molecule has 0 saturated carbocycles. The molecule has 1 fully saturated rings. The van der Waals surface area contributed by atoms with Gasteiger partial charge in [-0.15, -0.1) is 0 Å². The summed E-state index contributed by atoms with van der Waals surface area (Å²) >= 11 is 0. The molecule has 0 unspecified atom stereocenters. The van der Waals surface area contributed by atoms with Crippen LogP contribution in [-0.2, 0) is 11.3 Å². The lowest BCUT2D eigenvalue weighted by atomic mass is 9.97. The Balaban J connectivity index is 1.95. The number of likely N-dealkylation sites (tertiary alicyclic amines) is 1. The molecule has 0 aromatic heterocycles. The minimum absolute atomic E-state index is 0.0715. The molecular formula is C16H23N3O4. The van der Waals surface area contributed by atoms with Crippen LogP contribution in [0.4, 0.5) is 4.79 Å². The molecule has 0 aliphatic carbocycles. The monoisotopic (exact) mass is 321 g/mol. The summed E-state index contributed by atoms with van der Waals surface area (Å²) in [6.07, 6.45) is 1.55. The number of carbonyl (C=O) groups excluding carboxylic acids is 2. The molecule has 0 bridgehead atoms. The topological polar surface area (TPSA) is 93.9 Å². The van der Waals surface area contributed by atoms with E-state index in [9.17, 15) is 9.59 Å². The van der Waals surface area contributed by atoms with E-state index >= 15 is 0 Å². The SMILES string of the molecule is COc1cc(CNC(=O)[C@@H]2CCCN(C(N)=O)C2)cc(OC)c1. The van der Waals surface area contributed by atoms with Crippen LogP contribution in [0, 0.1) is 5.92 Å². The number of rotatable bonds is 5. The molecule has 1 aliphatic heterocycles. The van der Waals surface area contributed by atoms with Crippen LogP contribution in [-0.4, -0.2) is 44.1 Å². The van der Waals surface area contributed by atoms with Gasteiger partial charge < -0.3 is 25.4 Å². The summed E-state index contributed by atoms with van der Waals surface area (Å²) < 4.78 is 10.4. The van der Waals surface area contributed by atoms with Crippen LogP contribution < -0.4 is 20.5 Å². The van der Waals surface area contributed by atoms with Gasteiger partial charge in [0.2, 0.25) is 5.91 Å². The van der Waals surface area contributed by atoms with Crippen molar-refractivity contribution in [3.8, 4) is 11.5 Å². The Morgan fingerprint density at radius 1 is 1.26 bits per heavy atom. The largest absolute Gasteiger partial charge is 0.497 e. The number of hydrogen-bond acceptors (Lipinski definition) is 4. The first kappa shape index (κ1) is 16.9. The molecule has 1 aromatic carbocycles. The Morgan fingerprint density at radius 2 is 1.91 bits per heavy atom. The number of benzene rings is 1. The van der Waals surface area contributed by atoms with E-state index in [2.05, 4.69) is 5.32 Å². The van der Waals surface area contributed by atoms with E-state index in [1.165, 1.54) is 4.90 Å². The quantitative estimate of drug-likeness (QED) is 0.849. The van der Waals surface area contributed by atoms with Crippen LogP contribution in [0.5, 0.6) is 11.5 Å². The maximum atomic E-state index is 12.3. The van der Waals surface area contributed by atoms with Gasteiger partial charge in [0, 0.05) is 25.7 Å². The number of primary amides is 1. The lowest BCUT2D eigenvalue weighted by Gasteiger charge is -2.30. The number of nitrogens with two attached hydrogens (primary N) is 1. The number of hydrogen-bond donors (Lipinski definition) is 2. The zero-order chi connectivity index (χ0) is 16.8. The van der Waals surface area contributed by atoms with Crippen LogP contribution in [0.25, 0.3) is 0 Å². The summed E-state index contributed by atoms with van der Waals surface area (Å²) in [5.41, 5.74) is 6.17. The van der Waals surface area contributed by atoms with Gasteiger partial charge in [-0.1, -0.05) is 0 Å². The van der Waals surface area contributed by atoms with Gasteiger partial charge in [-0.25, -0.2) is 4.79 Å². The van der Waals surface area contributed by atoms with Gasteiger partial charge in [-0.2, -0.15) is 0 Å². The normalized spacial score (nSPS) is 17.5. The maximum absolute atomic E-state index is 12.3. The lowest BCUT2D eigenvalue weighted by molar-refractivity contribution is -0.126. The smallest absolute Gasteiger partial charge is 0.314 e. The van der Waals surface area contributed by atoms with Crippen molar-refractivity contribution in [3.05, 3.63) is 23.8 Å². The predicted molar refractivity (Wildman–Crippen MR) is 85.3 cm³/mol. The summed E-state index contributed by atoms with van der Waals surface area (Å²) in [6, 6.07) is 5.00. The third kappa shape index (κ3) is 4.51. The zero-order valence-corrected chi connectivity index (χ0v) is 13.5. The second-order valence-electron chi connectivity index (χ2n) is 5.56. The van der Waals surface area contributed by atoms with Crippen molar-refractivity contribution in [1.29, 1.82) is 0 Å². The molecule has 1 atom stereocenters. The summed E-state index contributed by atoms with van der Waals surface area (Å²) in [6.45, 7) is 1.37. The Kier molecular flexibility index (Phi) is 5.67. The fourth-order valence-corrected chi connectivity index (χ4v) is 2.69. The summed E-state index contributed by atoms with van der Waals surface area (Å²) in [5, 5.41) is 2.90. The Bertz CT molecular complexity index is 554. The number of nitrogens with zero attached hydrogens (tertiary/aromatic N) is 1. The lowest BCUT2D eigenvalue weighted by Crippen LogP contribution is -2.47. The number of carbonyl (C=O) groups is 2. The molecule has 2 rings (SSSR count). The first-order valence-electron chi connectivity index (χ1n) is 7.57. The zero-order valence-electron chi connectivity index (χ0n) is 13.5. The third-order valence-corrected chi connectivity index (χ3v) is 3.98. The van der Waals surface area contributed by atoms with Crippen molar-refractivity contribution in [3.63, 3.8) is 0 Å². The van der Waals surface area contributed by atoms with Crippen molar-refractivity contribution in [2.75, 3.05) is 27.3 Å². The van der Waals surface area contributed by atoms with Gasteiger partial charge in [0.05, 0.1) is 20.1 Å². The van der Waals surface area contributed by atoms with E-state index in [-0.39, 0.29) is 11.8 Å². The van der Waals surface area contributed by atoms with Gasteiger partial charge in [-0.05, 0) is 30.5 Å². The summed E-state index contributed by atoms with van der Waals surface area (Å²) in [5.74, 6) is 1.05. The Morgan fingerprint density at radius 3 is 2.48 bits per heavy atom. The average Bonchev–Trinajstić information content (AvgIpc) is 2.59. The maximum Gasteiger partial charge on any atom is 0.314 e. The predicted octanol–water partition coefficient (Wildman–Crippen LogP) is 1.11. The van der Waals surface area contributed by atoms with Crippen molar-refractivity contribution in [1.82, 2.24) is 10.2 Å². The van der Waals surface area contributed by atoms with E-state index < -0.39 is 6.03 Å². The van der Waals surface area contributed by atoms with Gasteiger partial charge in [0.15, 0.2) is 0 Å². The third-order valence-electron chi connectivity index (χ3n) is 3.98. The molecule has 0 spiro atoms. The highest BCUT2D eigenvalue weighted by molar-refractivity contribution is 5.80. The van der Waals surface area contributed by atoms with Gasteiger partial charge in [0.1, 0.15) is 11.5 Å². The van der Waals surface area contributed by atoms with E-state index in [0.717, 1.165) is 18.4 Å². The molecule has 1 heterocycles. The molecule has 1 aromatic rings. The molecule has 1 aliphatic rings.